The topological polar surface area (TPSA) is 71.5 Å². The van der Waals surface area contributed by atoms with Crippen molar-refractivity contribution in [2.75, 3.05) is 14.2 Å². The molecule has 0 spiro atoms. The number of fused-ring (bicyclic) bond motifs is 1. The number of halogens is 3. The number of benzene rings is 2. The number of aromatic nitrogens is 2. The first-order valence-corrected chi connectivity index (χ1v) is 11.1. The van der Waals surface area contributed by atoms with Crippen LogP contribution in [0.5, 0.6) is 11.5 Å². The van der Waals surface area contributed by atoms with E-state index in [9.17, 15) is 13.2 Å². The van der Waals surface area contributed by atoms with Gasteiger partial charge in [-0.05, 0) is 11.6 Å². The van der Waals surface area contributed by atoms with Gasteiger partial charge in [-0.15, -0.1) is 4.18 Å². The third kappa shape index (κ3) is 4.39. The monoisotopic (exact) mass is 494 g/mol. The highest BCUT2D eigenvalue weighted by atomic mass is 32.2. The van der Waals surface area contributed by atoms with E-state index >= 15 is 0 Å². The van der Waals surface area contributed by atoms with Crippen LogP contribution in [0.4, 0.5) is 13.2 Å². The maximum absolute atomic E-state index is 13.4. The molecule has 0 saturated heterocycles. The van der Waals surface area contributed by atoms with Crippen molar-refractivity contribution < 1.29 is 26.8 Å². The zero-order valence-corrected chi connectivity index (χ0v) is 19.2. The number of nitrogens with two attached hydrogens (primary N) is 1. The third-order valence-electron chi connectivity index (χ3n) is 4.95. The average Bonchev–Trinajstić information content (AvgIpc) is 3.39. The van der Waals surface area contributed by atoms with Gasteiger partial charge in [-0.1, -0.05) is 30.4 Å². The summed E-state index contributed by atoms with van der Waals surface area (Å²) in [7, 11) is 1.93. The van der Waals surface area contributed by atoms with Gasteiger partial charge in [-0.25, -0.2) is 4.98 Å². The molecule has 172 valence electrons. The normalized spacial score (nSPS) is 12.2. The zero-order valence-electron chi connectivity index (χ0n) is 17.6. The standard InChI is InChI=1S/C22H18F3N3O3S2/c1-29-17-9-15-16(10-18(17)30-2)28(12-27-15)20-8-7-19(21(26)32)33(20)31-11-13-5-3-4-6-14(13)22(23,24)25/h3-10,12H,11H2,1-2H3,(H-,26,32)/p+1. The van der Waals surface area contributed by atoms with E-state index in [4.69, 9.17) is 31.6 Å². The van der Waals surface area contributed by atoms with E-state index < -0.39 is 22.5 Å². The number of ether oxygens (including phenoxy) is 2. The second-order valence-corrected chi connectivity index (χ2v) is 8.97. The lowest BCUT2D eigenvalue weighted by Crippen LogP contribution is -2.13. The fraction of sp³-hybridized carbons (Fsp3) is 0.182. The van der Waals surface area contributed by atoms with Crippen molar-refractivity contribution in [2.24, 2.45) is 5.73 Å². The van der Waals surface area contributed by atoms with E-state index in [-0.39, 0.29) is 17.2 Å². The lowest BCUT2D eigenvalue weighted by Gasteiger charge is -2.11. The molecular weight excluding hydrogens is 475 g/mol. The van der Waals surface area contributed by atoms with E-state index in [1.165, 1.54) is 32.4 Å². The molecule has 1 atom stereocenters. The average molecular weight is 495 g/mol. The van der Waals surface area contributed by atoms with Gasteiger partial charge in [0.05, 0.1) is 30.8 Å². The quantitative estimate of drug-likeness (QED) is 0.286. The lowest BCUT2D eigenvalue weighted by molar-refractivity contribution is -0.138. The fourth-order valence-corrected chi connectivity index (χ4v) is 5.31. The van der Waals surface area contributed by atoms with E-state index in [0.29, 0.717) is 32.4 Å². The highest BCUT2D eigenvalue weighted by molar-refractivity contribution is 7.81. The maximum Gasteiger partial charge on any atom is 0.416 e. The Kier molecular flexibility index (Phi) is 6.28. The Balaban J connectivity index is 1.78. The second kappa shape index (κ2) is 9.00. The molecule has 0 amide bonds. The molecule has 0 fully saturated rings. The Hall–Kier alpha value is -3.15. The van der Waals surface area contributed by atoms with Gasteiger partial charge in [0.2, 0.25) is 4.88 Å². The molecular formula is C22H19F3N3O3S2+. The Morgan fingerprint density at radius 3 is 2.45 bits per heavy atom. The smallest absolute Gasteiger partial charge is 0.416 e. The summed E-state index contributed by atoms with van der Waals surface area (Å²) in [4.78, 5) is 5.04. The molecule has 6 nitrogen and oxygen atoms in total. The molecule has 1 unspecified atom stereocenters. The number of hydrogen-bond donors (Lipinski definition) is 1. The molecule has 2 N–H and O–H groups in total. The SMILES string of the molecule is COc1cc2ncn(-c3ccc(C(N)=S)[s+]3OCc3ccccc3C(F)(F)F)c2cc1OC. The first-order valence-electron chi connectivity index (χ1n) is 9.58. The van der Waals surface area contributed by atoms with Gasteiger partial charge in [-0.3, -0.25) is 4.57 Å². The number of thiocarbonyl (C=S) groups is 1. The van der Waals surface area contributed by atoms with Gasteiger partial charge in [-0.2, -0.15) is 13.2 Å². The number of methoxy groups -OCH3 is 2. The molecule has 2 aromatic carbocycles. The molecule has 33 heavy (non-hydrogen) atoms. The molecule has 0 saturated carbocycles. The fourth-order valence-electron chi connectivity index (χ4n) is 3.41. The van der Waals surface area contributed by atoms with Gasteiger partial charge in [0.25, 0.3) is 5.00 Å². The van der Waals surface area contributed by atoms with E-state index in [1.807, 2.05) is 0 Å². The summed E-state index contributed by atoms with van der Waals surface area (Å²) >= 11 is 5.16. The van der Waals surface area contributed by atoms with Crippen LogP contribution in [0.3, 0.4) is 0 Å². The van der Waals surface area contributed by atoms with Gasteiger partial charge >= 0.3 is 6.18 Å². The van der Waals surface area contributed by atoms with E-state index in [0.717, 1.165) is 6.07 Å². The molecule has 0 radical (unpaired) electrons. The summed E-state index contributed by atoms with van der Waals surface area (Å²) in [6.07, 6.45) is -2.89. The number of rotatable bonds is 7. The van der Waals surface area contributed by atoms with Gasteiger partial charge < -0.3 is 15.2 Å². The van der Waals surface area contributed by atoms with Crippen LogP contribution in [-0.4, -0.2) is 28.8 Å². The van der Waals surface area contributed by atoms with Gasteiger partial charge in [0.15, 0.2) is 27.2 Å². The molecule has 2 aromatic heterocycles. The van der Waals surface area contributed by atoms with Gasteiger partial charge in [0.1, 0.15) is 12.9 Å². The predicted molar refractivity (Wildman–Crippen MR) is 124 cm³/mol. The van der Waals surface area contributed by atoms with E-state index in [1.54, 1.807) is 35.2 Å². The van der Waals surface area contributed by atoms with Gasteiger partial charge in [0, 0.05) is 24.3 Å². The number of nitrogens with zero attached hydrogens (tertiary/aromatic N) is 2. The summed E-state index contributed by atoms with van der Waals surface area (Å²) < 4.78 is 58.7. The van der Waals surface area contributed by atoms with Crippen molar-refractivity contribution in [3.8, 4) is 16.5 Å². The minimum Gasteiger partial charge on any atom is -0.493 e. The van der Waals surface area contributed by atoms with Crippen LogP contribution in [0.1, 0.15) is 16.0 Å². The molecule has 0 bridgehead atoms. The summed E-state index contributed by atoms with van der Waals surface area (Å²) in [5.74, 6) is 1.03. The van der Waals surface area contributed by atoms with Crippen LogP contribution in [0.15, 0.2) is 54.9 Å². The Morgan fingerprint density at radius 1 is 1.09 bits per heavy atom. The molecule has 2 heterocycles. The van der Waals surface area contributed by atoms with Crippen molar-refractivity contribution in [1.82, 2.24) is 9.55 Å². The largest absolute Gasteiger partial charge is 0.493 e. The van der Waals surface area contributed by atoms with Crippen LogP contribution in [-0.2, 0) is 12.8 Å². The summed E-state index contributed by atoms with van der Waals surface area (Å²) in [5, 5.41) is 0.636. The summed E-state index contributed by atoms with van der Waals surface area (Å²) in [6.45, 7) is -0.278. The molecule has 4 aromatic rings. The van der Waals surface area contributed by atoms with E-state index in [2.05, 4.69) is 4.98 Å². The highest BCUT2D eigenvalue weighted by Crippen LogP contribution is 2.38. The first kappa shape index (κ1) is 23.0. The molecule has 11 heteroatoms. The number of thiophene rings is 1. The van der Waals surface area contributed by atoms with Crippen LogP contribution in [0, 0.1) is 0 Å². The van der Waals surface area contributed by atoms with Crippen LogP contribution in [0.2, 0.25) is 0 Å². The van der Waals surface area contributed by atoms with Crippen molar-refractivity contribution in [2.45, 2.75) is 12.8 Å². The Labute approximate surface area is 195 Å². The highest BCUT2D eigenvalue weighted by Gasteiger charge is 2.34. The third-order valence-corrected chi connectivity index (χ3v) is 7.13. The van der Waals surface area contributed by atoms with Crippen molar-refractivity contribution in [3.05, 3.63) is 70.9 Å². The maximum atomic E-state index is 13.4. The minimum absolute atomic E-state index is 0.0212. The molecule has 0 aliphatic rings. The second-order valence-electron chi connectivity index (χ2n) is 6.90. The summed E-state index contributed by atoms with van der Waals surface area (Å²) in [5.41, 5.74) is 6.50. The minimum atomic E-state index is -4.49. The van der Waals surface area contributed by atoms with Crippen LogP contribution >= 0.6 is 23.0 Å². The molecule has 0 aliphatic carbocycles. The number of imidazole rings is 1. The zero-order chi connectivity index (χ0) is 23.8. The van der Waals surface area contributed by atoms with Crippen molar-refractivity contribution >= 4 is 39.0 Å². The summed E-state index contributed by atoms with van der Waals surface area (Å²) in [6, 6.07) is 12.3. The Bertz CT molecular complexity index is 1330. The van der Waals surface area contributed by atoms with Crippen molar-refractivity contribution in [3.63, 3.8) is 0 Å². The van der Waals surface area contributed by atoms with Crippen LogP contribution < -0.4 is 19.4 Å². The predicted octanol–water partition coefficient (Wildman–Crippen LogP) is 5.07. The van der Waals surface area contributed by atoms with Crippen LogP contribution in [0.25, 0.3) is 16.0 Å². The Morgan fingerprint density at radius 2 is 1.79 bits per heavy atom. The van der Waals surface area contributed by atoms with Crippen molar-refractivity contribution in [1.29, 1.82) is 0 Å². The number of alkyl halides is 3. The first-order chi connectivity index (χ1) is 15.7. The molecule has 0 aliphatic heterocycles. The number of hydrogen-bond acceptors (Lipinski definition) is 5. The molecule has 4 rings (SSSR count). The lowest BCUT2D eigenvalue weighted by atomic mass is 10.1.